The van der Waals surface area contributed by atoms with Crippen LogP contribution in [-0.4, -0.2) is 41.9 Å². The predicted octanol–water partition coefficient (Wildman–Crippen LogP) is 4.68. The Kier molecular flexibility index (Phi) is 6.26. The number of fused-ring (bicyclic) bond motifs is 1. The topological polar surface area (TPSA) is 52.7 Å². The number of benzene rings is 2. The molecule has 1 saturated heterocycles. The molecule has 1 spiro atoms. The third-order valence-corrected chi connectivity index (χ3v) is 6.47. The van der Waals surface area contributed by atoms with Gasteiger partial charge in [-0.2, -0.15) is 0 Å². The first-order valence-electron chi connectivity index (χ1n) is 10.9. The molecule has 2 aliphatic rings. The molecule has 2 aromatic carbocycles. The van der Waals surface area contributed by atoms with Crippen molar-refractivity contribution in [3.05, 3.63) is 77.4 Å². The van der Waals surface area contributed by atoms with Gasteiger partial charge in [0.05, 0.1) is 5.54 Å². The Morgan fingerprint density at radius 3 is 2.47 bits per heavy atom. The number of nitrogens with zero attached hydrogens (tertiary/aromatic N) is 2. The highest BCUT2D eigenvalue weighted by molar-refractivity contribution is 6.04. The summed E-state index contributed by atoms with van der Waals surface area (Å²) < 4.78 is 26.8. The van der Waals surface area contributed by atoms with Crippen molar-refractivity contribution in [3.63, 3.8) is 0 Å². The maximum Gasteiger partial charge on any atom is 0.317 e. The van der Waals surface area contributed by atoms with Gasteiger partial charge in [0.15, 0.2) is 5.78 Å². The number of amides is 2. The fraction of sp³-hybridized carbons (Fsp3) is 0.360. The fourth-order valence-corrected chi connectivity index (χ4v) is 4.68. The molecule has 0 atom stereocenters. The van der Waals surface area contributed by atoms with Crippen LogP contribution in [0.3, 0.4) is 0 Å². The quantitative estimate of drug-likeness (QED) is 0.704. The molecule has 0 radical (unpaired) electrons. The highest BCUT2D eigenvalue weighted by Gasteiger charge is 2.46. The number of piperidine rings is 1. The van der Waals surface area contributed by atoms with Crippen molar-refractivity contribution in [3.8, 4) is 0 Å². The van der Waals surface area contributed by atoms with Crippen LogP contribution >= 0.6 is 0 Å². The molecule has 168 valence electrons. The Labute approximate surface area is 186 Å². The Morgan fingerprint density at radius 1 is 1.09 bits per heavy atom. The van der Waals surface area contributed by atoms with Gasteiger partial charge in [-0.05, 0) is 55.7 Å². The van der Waals surface area contributed by atoms with E-state index in [0.717, 1.165) is 11.3 Å². The van der Waals surface area contributed by atoms with Crippen LogP contribution in [-0.2, 0) is 6.54 Å². The molecule has 0 aliphatic carbocycles. The third kappa shape index (κ3) is 4.38. The summed E-state index contributed by atoms with van der Waals surface area (Å²) in [6.07, 6.45) is 5.61. The van der Waals surface area contributed by atoms with E-state index < -0.39 is 11.4 Å². The van der Waals surface area contributed by atoms with E-state index in [4.69, 9.17) is 0 Å². The van der Waals surface area contributed by atoms with Gasteiger partial charge in [-0.15, -0.1) is 0 Å². The number of hydrogen-bond donors (Lipinski definition) is 1. The lowest BCUT2D eigenvalue weighted by molar-refractivity contribution is 0.0887. The molecular weight excluding hydrogens is 412 g/mol. The van der Waals surface area contributed by atoms with E-state index in [0.29, 0.717) is 51.0 Å². The monoisotopic (exact) mass is 439 g/mol. The molecule has 5 nitrogen and oxygen atoms in total. The van der Waals surface area contributed by atoms with Gasteiger partial charge in [0, 0.05) is 43.9 Å². The number of likely N-dealkylation sites (tertiary alicyclic amines) is 1. The lowest BCUT2D eigenvalue weighted by Crippen LogP contribution is -2.60. The zero-order valence-corrected chi connectivity index (χ0v) is 18.1. The van der Waals surface area contributed by atoms with Crippen LogP contribution in [0.5, 0.6) is 0 Å². The predicted molar refractivity (Wildman–Crippen MR) is 120 cm³/mol. The molecule has 4 rings (SSSR count). The highest BCUT2D eigenvalue weighted by atomic mass is 19.1. The first kappa shape index (κ1) is 22.0. The molecule has 0 aromatic heterocycles. The van der Waals surface area contributed by atoms with Crippen LogP contribution in [0.2, 0.25) is 0 Å². The number of hydrogen-bond acceptors (Lipinski definition) is 3. The normalized spacial score (nSPS) is 17.7. The van der Waals surface area contributed by atoms with Gasteiger partial charge < -0.3 is 15.1 Å². The third-order valence-electron chi connectivity index (χ3n) is 6.47. The minimum Gasteiger partial charge on any atom is -0.361 e. The first-order valence-corrected chi connectivity index (χ1v) is 10.9. The minimum atomic E-state index is -0.410. The van der Waals surface area contributed by atoms with Gasteiger partial charge in [-0.3, -0.25) is 4.79 Å². The molecule has 2 heterocycles. The second-order valence-corrected chi connectivity index (χ2v) is 8.44. The Balaban J connectivity index is 1.46. The fourth-order valence-electron chi connectivity index (χ4n) is 4.68. The number of allylic oxidation sites excluding steroid dienone is 1. The number of anilines is 1. The summed E-state index contributed by atoms with van der Waals surface area (Å²) in [5, 5.41) is 2.89. The summed E-state index contributed by atoms with van der Waals surface area (Å²) in [5.74, 6) is -0.771. The van der Waals surface area contributed by atoms with Crippen molar-refractivity contribution in [1.82, 2.24) is 10.2 Å². The Bertz CT molecular complexity index is 1030. The number of carbonyl (C=O) groups is 2. The molecule has 2 amide bonds. The summed E-state index contributed by atoms with van der Waals surface area (Å²) in [5.41, 5.74) is 1.62. The van der Waals surface area contributed by atoms with Gasteiger partial charge in [-0.1, -0.05) is 24.3 Å². The summed E-state index contributed by atoms with van der Waals surface area (Å²) >= 11 is 0. The lowest BCUT2D eigenvalue weighted by atomic mass is 9.76. The van der Waals surface area contributed by atoms with Gasteiger partial charge in [0.25, 0.3) is 0 Å². The molecule has 1 N–H and O–H groups in total. The zero-order chi connectivity index (χ0) is 22.7. The SMILES string of the molecule is C/C=C/CN1c2ccc(F)cc2C(=O)CC12CCN(C(=O)NCc1ccc(F)cc1)CC2. The molecule has 7 heteroatoms. The number of nitrogens with one attached hydrogen (secondary N) is 1. The van der Waals surface area contributed by atoms with Gasteiger partial charge >= 0.3 is 6.03 Å². The van der Waals surface area contributed by atoms with E-state index in [2.05, 4.69) is 10.2 Å². The summed E-state index contributed by atoms with van der Waals surface area (Å²) in [4.78, 5) is 29.5. The van der Waals surface area contributed by atoms with Crippen LogP contribution in [0.4, 0.5) is 19.3 Å². The second kappa shape index (κ2) is 9.10. The molecular formula is C25H27F2N3O2. The van der Waals surface area contributed by atoms with Crippen molar-refractivity contribution in [2.24, 2.45) is 0 Å². The van der Waals surface area contributed by atoms with E-state index in [9.17, 15) is 18.4 Å². The van der Waals surface area contributed by atoms with Crippen molar-refractivity contribution < 1.29 is 18.4 Å². The average molecular weight is 440 g/mol. The number of rotatable bonds is 4. The Hall–Kier alpha value is -3.22. The van der Waals surface area contributed by atoms with E-state index in [1.165, 1.54) is 24.3 Å². The smallest absolute Gasteiger partial charge is 0.317 e. The van der Waals surface area contributed by atoms with Crippen LogP contribution in [0.15, 0.2) is 54.6 Å². The highest BCUT2D eigenvalue weighted by Crippen LogP contribution is 2.43. The molecule has 2 aliphatic heterocycles. The van der Waals surface area contributed by atoms with E-state index >= 15 is 0 Å². The Morgan fingerprint density at radius 2 is 1.78 bits per heavy atom. The molecule has 1 fully saturated rings. The average Bonchev–Trinajstić information content (AvgIpc) is 2.79. The number of Topliss-reactive ketones (excluding diaryl/α,β-unsaturated/α-hetero) is 1. The van der Waals surface area contributed by atoms with E-state index in [-0.39, 0.29) is 17.6 Å². The number of ketones is 1. The summed E-state index contributed by atoms with van der Waals surface area (Å²) in [6.45, 7) is 3.93. The van der Waals surface area contributed by atoms with Crippen LogP contribution < -0.4 is 10.2 Å². The molecule has 2 aromatic rings. The molecule has 0 saturated carbocycles. The first-order chi connectivity index (χ1) is 15.4. The van der Waals surface area contributed by atoms with Crippen molar-refractivity contribution in [2.45, 2.75) is 38.3 Å². The van der Waals surface area contributed by atoms with Crippen molar-refractivity contribution in [1.29, 1.82) is 0 Å². The minimum absolute atomic E-state index is 0.0505. The zero-order valence-electron chi connectivity index (χ0n) is 18.1. The van der Waals surface area contributed by atoms with E-state index in [1.807, 2.05) is 19.1 Å². The van der Waals surface area contributed by atoms with Crippen LogP contribution in [0, 0.1) is 11.6 Å². The van der Waals surface area contributed by atoms with Crippen molar-refractivity contribution >= 4 is 17.5 Å². The van der Waals surface area contributed by atoms with Crippen LogP contribution in [0.1, 0.15) is 42.1 Å². The maximum atomic E-state index is 13.8. The maximum absolute atomic E-state index is 13.8. The van der Waals surface area contributed by atoms with Gasteiger partial charge in [0.1, 0.15) is 11.6 Å². The van der Waals surface area contributed by atoms with Crippen LogP contribution in [0.25, 0.3) is 0 Å². The standard InChI is InChI=1S/C25H27F2N3O2/c1-2-3-12-30-22-9-8-20(27)15-21(22)23(31)16-25(30)10-13-29(14-11-25)24(32)28-17-18-4-6-19(26)7-5-18/h2-9,15H,10-14,16-17H2,1H3,(H,28,32)/b3-2+. The second-order valence-electron chi connectivity index (χ2n) is 8.44. The van der Waals surface area contributed by atoms with Gasteiger partial charge in [0.2, 0.25) is 0 Å². The van der Waals surface area contributed by atoms with E-state index in [1.54, 1.807) is 23.1 Å². The molecule has 32 heavy (non-hydrogen) atoms. The molecule has 0 bridgehead atoms. The van der Waals surface area contributed by atoms with Gasteiger partial charge in [-0.25, -0.2) is 13.6 Å². The number of urea groups is 1. The molecule has 0 unspecified atom stereocenters. The summed E-state index contributed by atoms with van der Waals surface area (Å²) in [7, 11) is 0. The van der Waals surface area contributed by atoms with Crippen molar-refractivity contribution in [2.75, 3.05) is 24.5 Å². The summed E-state index contributed by atoms with van der Waals surface area (Å²) in [6, 6.07) is 10.3. The number of carbonyl (C=O) groups excluding carboxylic acids is 2. The largest absolute Gasteiger partial charge is 0.361 e. The lowest BCUT2D eigenvalue weighted by Gasteiger charge is -2.52. The number of halogens is 2.